The van der Waals surface area contributed by atoms with Crippen LogP contribution in [0.1, 0.15) is 52.0 Å². The molecule has 0 unspecified atom stereocenters. The molecule has 1 aliphatic rings. The van der Waals surface area contributed by atoms with Gasteiger partial charge in [0.15, 0.2) is 0 Å². The van der Waals surface area contributed by atoms with Crippen LogP contribution < -0.4 is 0 Å². The maximum absolute atomic E-state index is 13.5. The minimum absolute atomic E-state index is 0.0154. The van der Waals surface area contributed by atoms with Gasteiger partial charge in [0, 0.05) is 34.3 Å². The summed E-state index contributed by atoms with van der Waals surface area (Å²) in [6.07, 6.45) is 7.35. The van der Waals surface area contributed by atoms with Crippen LogP contribution in [0, 0.1) is 11.3 Å². The number of imide groups is 1. The Hall–Kier alpha value is -3.89. The van der Waals surface area contributed by atoms with Gasteiger partial charge in [-0.05, 0) is 61.4 Å². The number of hydrogen-bond donors (Lipinski definition) is 0. The smallest absolute Gasteiger partial charge is 0.271 e. The molecule has 0 atom stereocenters. The summed E-state index contributed by atoms with van der Waals surface area (Å²) >= 11 is 1.81. The van der Waals surface area contributed by atoms with Gasteiger partial charge in [0.05, 0.1) is 11.4 Å². The van der Waals surface area contributed by atoms with Crippen LogP contribution in [0.4, 0.5) is 0 Å². The average Bonchev–Trinajstić information content (AvgIpc) is 3.37. The van der Waals surface area contributed by atoms with Gasteiger partial charge in [-0.25, -0.2) is 4.68 Å². The molecule has 0 radical (unpaired) electrons. The minimum atomic E-state index is -0.511. The van der Waals surface area contributed by atoms with Gasteiger partial charge in [0.1, 0.15) is 11.6 Å². The van der Waals surface area contributed by atoms with Crippen molar-refractivity contribution in [2.45, 2.75) is 51.3 Å². The number of amides is 2. The number of thioether (sulfide) groups is 1. The van der Waals surface area contributed by atoms with Crippen LogP contribution in [0.15, 0.2) is 82.4 Å². The maximum atomic E-state index is 13.5. The maximum Gasteiger partial charge on any atom is 0.271 e. The summed E-state index contributed by atoms with van der Waals surface area (Å²) < 4.78 is 1.79. The number of unbranched alkanes of at least 4 members (excludes halogenated alkanes) is 2. The number of hydrogen-bond acceptors (Lipinski definition) is 5. The quantitative estimate of drug-likeness (QED) is 0.126. The predicted molar refractivity (Wildman–Crippen MR) is 153 cm³/mol. The number of para-hydroxylation sites is 1. The van der Waals surface area contributed by atoms with Crippen molar-refractivity contribution in [3.63, 3.8) is 0 Å². The molecule has 2 heterocycles. The van der Waals surface area contributed by atoms with E-state index in [2.05, 4.69) is 26.0 Å². The van der Waals surface area contributed by atoms with Crippen LogP contribution in [-0.2, 0) is 9.59 Å². The van der Waals surface area contributed by atoms with E-state index in [-0.39, 0.29) is 11.5 Å². The molecule has 2 amide bonds. The molecule has 1 aliphatic heterocycles. The summed E-state index contributed by atoms with van der Waals surface area (Å²) in [6, 6.07) is 20.1. The topological polar surface area (TPSA) is 79.0 Å². The number of carbonyl (C=O) groups is 2. The molecule has 6 nitrogen and oxygen atoms in total. The van der Waals surface area contributed by atoms with E-state index in [9.17, 15) is 14.9 Å². The van der Waals surface area contributed by atoms with Gasteiger partial charge in [-0.2, -0.15) is 10.4 Å². The Balaban J connectivity index is 1.82. The lowest BCUT2D eigenvalue weighted by molar-refractivity contribution is -0.140. The number of carbonyl (C=O) groups excluding carboxylic acids is 2. The van der Waals surface area contributed by atoms with Crippen molar-refractivity contribution in [1.82, 2.24) is 14.7 Å². The Kier molecular flexibility index (Phi) is 8.98. The molecular formula is C31H32N4O2S. The van der Waals surface area contributed by atoms with Gasteiger partial charge in [-0.1, -0.05) is 57.0 Å². The largest absolute Gasteiger partial charge is 0.274 e. The Morgan fingerprint density at radius 2 is 1.71 bits per heavy atom. The summed E-state index contributed by atoms with van der Waals surface area (Å²) in [4.78, 5) is 28.9. The van der Waals surface area contributed by atoms with Gasteiger partial charge in [-0.3, -0.25) is 14.5 Å². The second-order valence-corrected chi connectivity index (χ2v) is 10.4. The second-order valence-electron chi connectivity index (χ2n) is 9.22. The second kappa shape index (κ2) is 12.6. The molecule has 7 heteroatoms. The fourth-order valence-corrected chi connectivity index (χ4v) is 5.14. The molecule has 194 valence electrons. The van der Waals surface area contributed by atoms with Gasteiger partial charge in [0.2, 0.25) is 0 Å². The zero-order chi connectivity index (χ0) is 27.1. The molecule has 4 rings (SSSR count). The zero-order valence-corrected chi connectivity index (χ0v) is 22.9. The summed E-state index contributed by atoms with van der Waals surface area (Å²) in [6.45, 7) is 6.20. The van der Waals surface area contributed by atoms with Crippen molar-refractivity contribution in [2.75, 3.05) is 12.3 Å². The summed E-state index contributed by atoms with van der Waals surface area (Å²) in [7, 11) is 0. The fourth-order valence-electron chi connectivity index (χ4n) is 4.37. The highest BCUT2D eigenvalue weighted by molar-refractivity contribution is 7.99. The first-order valence-corrected chi connectivity index (χ1v) is 14.0. The lowest BCUT2D eigenvalue weighted by Gasteiger charge is -2.27. The third kappa shape index (κ3) is 5.81. The Bertz CT molecular complexity index is 1410. The molecule has 1 aromatic heterocycles. The molecule has 3 aromatic rings. The average molecular weight is 525 g/mol. The van der Waals surface area contributed by atoms with Gasteiger partial charge < -0.3 is 0 Å². The summed E-state index contributed by atoms with van der Waals surface area (Å²) in [5, 5.41) is 14.6. The van der Waals surface area contributed by atoms with Gasteiger partial charge >= 0.3 is 0 Å². The molecule has 0 fully saturated rings. The number of rotatable bonds is 10. The number of nitrogens with zero attached hydrogens (tertiary/aromatic N) is 4. The van der Waals surface area contributed by atoms with E-state index in [0.717, 1.165) is 47.5 Å². The number of aromatic nitrogens is 2. The predicted octanol–water partition coefficient (Wildman–Crippen LogP) is 6.82. The normalized spacial score (nSPS) is 14.9. The Morgan fingerprint density at radius 1 is 0.974 bits per heavy atom. The number of benzene rings is 2. The van der Waals surface area contributed by atoms with Crippen molar-refractivity contribution in [1.29, 1.82) is 5.26 Å². The molecule has 2 aromatic carbocycles. The van der Waals surface area contributed by atoms with Gasteiger partial charge in [0.25, 0.3) is 11.8 Å². The molecule has 0 spiro atoms. The van der Waals surface area contributed by atoms with Crippen LogP contribution in [-0.4, -0.2) is 38.8 Å². The van der Waals surface area contributed by atoms with Crippen LogP contribution >= 0.6 is 11.8 Å². The first kappa shape index (κ1) is 27.2. The van der Waals surface area contributed by atoms with Crippen molar-refractivity contribution in [3.05, 3.63) is 83.1 Å². The molecule has 0 saturated carbocycles. The first-order chi connectivity index (χ1) is 18.5. The van der Waals surface area contributed by atoms with Gasteiger partial charge in [-0.15, -0.1) is 11.8 Å². The van der Waals surface area contributed by atoms with E-state index < -0.39 is 5.91 Å². The third-order valence-electron chi connectivity index (χ3n) is 6.47. The Morgan fingerprint density at radius 3 is 2.37 bits per heavy atom. The van der Waals surface area contributed by atoms with E-state index in [4.69, 9.17) is 5.10 Å². The molecule has 0 saturated heterocycles. The SMILES string of the molecule is CCCCCN1C(=O)C(C#N)=C(C)/C(=C/c2cn(-c3ccccc3)nc2-c2ccc(SCCC)cc2)C1=O. The molecular weight excluding hydrogens is 492 g/mol. The van der Waals surface area contributed by atoms with Crippen molar-refractivity contribution < 1.29 is 9.59 Å². The third-order valence-corrected chi connectivity index (χ3v) is 7.69. The molecule has 0 N–H and O–H groups in total. The number of nitriles is 1. The fraction of sp³-hybridized carbons (Fsp3) is 0.290. The van der Waals surface area contributed by atoms with E-state index in [1.165, 1.54) is 9.80 Å². The highest BCUT2D eigenvalue weighted by atomic mass is 32.2. The van der Waals surface area contributed by atoms with Crippen LogP contribution in [0.5, 0.6) is 0 Å². The van der Waals surface area contributed by atoms with E-state index in [0.29, 0.717) is 24.1 Å². The van der Waals surface area contributed by atoms with Crippen LogP contribution in [0.3, 0.4) is 0 Å². The highest BCUT2D eigenvalue weighted by Gasteiger charge is 2.35. The highest BCUT2D eigenvalue weighted by Crippen LogP contribution is 2.32. The standard InChI is InChI=1S/C31H32N4O2S/c1-4-6-10-17-34-30(36)27(22(3)28(20-32)31(34)37)19-24-21-35(25-11-8-7-9-12-25)33-29(24)23-13-15-26(16-14-23)38-18-5-2/h7-9,11-16,19,21H,4-6,10,17-18H2,1-3H3/b27-19-. The Labute approximate surface area is 228 Å². The molecule has 0 bridgehead atoms. The van der Waals surface area contributed by atoms with E-state index >= 15 is 0 Å². The van der Waals surface area contributed by atoms with E-state index in [1.807, 2.05) is 66.5 Å². The van der Waals surface area contributed by atoms with Crippen molar-refractivity contribution >= 4 is 29.7 Å². The van der Waals surface area contributed by atoms with Crippen LogP contribution in [0.25, 0.3) is 23.0 Å². The lowest BCUT2D eigenvalue weighted by Crippen LogP contribution is -2.43. The van der Waals surface area contributed by atoms with Crippen LogP contribution in [0.2, 0.25) is 0 Å². The van der Waals surface area contributed by atoms with Crippen molar-refractivity contribution in [3.8, 4) is 23.0 Å². The lowest BCUT2D eigenvalue weighted by atomic mass is 9.93. The van der Waals surface area contributed by atoms with Crippen molar-refractivity contribution in [2.24, 2.45) is 0 Å². The molecule has 0 aliphatic carbocycles. The minimum Gasteiger partial charge on any atom is -0.274 e. The summed E-state index contributed by atoms with van der Waals surface area (Å²) in [5.41, 5.74) is 4.05. The molecule has 38 heavy (non-hydrogen) atoms. The summed E-state index contributed by atoms with van der Waals surface area (Å²) in [5.74, 6) is 0.179. The van der Waals surface area contributed by atoms with E-state index in [1.54, 1.807) is 17.7 Å². The monoisotopic (exact) mass is 524 g/mol. The first-order valence-electron chi connectivity index (χ1n) is 13.1. The zero-order valence-electron chi connectivity index (χ0n) is 22.1.